The number of halogens is 5. The minimum Gasteiger partial charge on any atom is -0.350 e. The number of carbonyl (C=O) groups excluding carboxylic acids is 1. The van der Waals surface area contributed by atoms with E-state index in [4.69, 9.17) is 0 Å². The second kappa shape index (κ2) is 3.85. The predicted molar refractivity (Wildman–Crippen MR) is 46.0 cm³/mol. The smallest absolute Gasteiger partial charge is 0.350 e. The second-order valence-corrected chi connectivity index (χ2v) is 4.42. The first-order valence-electron chi connectivity index (χ1n) is 4.81. The Balaban J connectivity index is 2.52. The molecule has 0 bridgehead atoms. The van der Waals surface area contributed by atoms with Crippen molar-refractivity contribution in [3.05, 3.63) is 0 Å². The normalized spacial score (nSPS) is 20.1. The van der Waals surface area contributed by atoms with Gasteiger partial charge in [-0.3, -0.25) is 4.79 Å². The van der Waals surface area contributed by atoms with E-state index in [0.29, 0.717) is 0 Å². The van der Waals surface area contributed by atoms with Crippen LogP contribution in [0.15, 0.2) is 0 Å². The fourth-order valence-corrected chi connectivity index (χ4v) is 1.49. The number of carbonyl (C=O) groups is 1. The minimum absolute atomic E-state index is 0.141. The summed E-state index contributed by atoms with van der Waals surface area (Å²) >= 11 is 0. The van der Waals surface area contributed by atoms with Crippen LogP contribution in [0.4, 0.5) is 22.0 Å². The van der Waals surface area contributed by atoms with E-state index < -0.39 is 18.0 Å². The highest BCUT2D eigenvalue weighted by molar-refractivity contribution is 5.84. The molecule has 1 saturated carbocycles. The molecule has 1 N–H and O–H groups in total. The van der Waals surface area contributed by atoms with Crippen LogP contribution in [0.2, 0.25) is 0 Å². The first kappa shape index (κ1) is 13.2. The van der Waals surface area contributed by atoms with Gasteiger partial charge in [0.15, 0.2) is 0 Å². The minimum atomic E-state index is -5.84. The Kier molecular flexibility index (Phi) is 3.17. The monoisotopic (exact) mass is 245 g/mol. The summed E-state index contributed by atoms with van der Waals surface area (Å²) in [6, 6.07) is 0. The quantitative estimate of drug-likeness (QED) is 0.760. The Labute approximate surface area is 89.2 Å². The summed E-state index contributed by atoms with van der Waals surface area (Å²) < 4.78 is 60.3. The maximum absolute atomic E-state index is 12.5. The van der Waals surface area contributed by atoms with E-state index in [0.717, 1.165) is 19.3 Å². The zero-order valence-corrected chi connectivity index (χ0v) is 8.63. The van der Waals surface area contributed by atoms with Crippen LogP contribution in [-0.4, -0.2) is 24.6 Å². The third-order valence-corrected chi connectivity index (χ3v) is 2.88. The summed E-state index contributed by atoms with van der Waals surface area (Å²) in [4.78, 5) is 10.7. The highest BCUT2D eigenvalue weighted by Crippen LogP contribution is 2.40. The van der Waals surface area contributed by atoms with Gasteiger partial charge in [-0.1, -0.05) is 13.3 Å². The van der Waals surface area contributed by atoms with Crippen molar-refractivity contribution in [2.24, 2.45) is 5.41 Å². The lowest BCUT2D eigenvalue weighted by Crippen LogP contribution is -2.53. The molecule has 0 aromatic heterocycles. The second-order valence-electron chi connectivity index (χ2n) is 4.42. The zero-order chi connectivity index (χ0) is 12.6. The average molecular weight is 245 g/mol. The van der Waals surface area contributed by atoms with Gasteiger partial charge in [-0.15, -0.1) is 0 Å². The summed E-state index contributed by atoms with van der Waals surface area (Å²) in [6.07, 6.45) is -3.48. The van der Waals surface area contributed by atoms with Gasteiger partial charge in [-0.05, 0) is 18.3 Å². The zero-order valence-electron chi connectivity index (χ0n) is 8.63. The number of nitrogens with one attached hydrogen (secondary N) is 1. The van der Waals surface area contributed by atoms with Gasteiger partial charge in [0.25, 0.3) is 5.91 Å². The SMILES string of the molecule is CC1(CNC(=O)C(F)(F)C(F)(F)F)CCC1. The molecule has 0 heterocycles. The first-order chi connectivity index (χ1) is 7.08. The molecule has 1 rings (SSSR count). The van der Waals surface area contributed by atoms with E-state index in [1.165, 1.54) is 0 Å². The van der Waals surface area contributed by atoms with Crippen molar-refractivity contribution in [1.82, 2.24) is 5.32 Å². The lowest BCUT2D eigenvalue weighted by molar-refractivity contribution is -0.270. The summed E-state index contributed by atoms with van der Waals surface area (Å²) in [5.41, 5.74) is -0.336. The van der Waals surface area contributed by atoms with E-state index in [9.17, 15) is 26.7 Å². The predicted octanol–water partition coefficient (Wildman–Crippen LogP) is 2.49. The first-order valence-corrected chi connectivity index (χ1v) is 4.81. The van der Waals surface area contributed by atoms with Crippen molar-refractivity contribution >= 4 is 5.91 Å². The van der Waals surface area contributed by atoms with Crippen LogP contribution in [0.5, 0.6) is 0 Å². The van der Waals surface area contributed by atoms with Gasteiger partial charge in [0.05, 0.1) is 0 Å². The largest absolute Gasteiger partial charge is 0.463 e. The van der Waals surface area contributed by atoms with E-state index in [1.54, 1.807) is 12.2 Å². The van der Waals surface area contributed by atoms with Gasteiger partial charge >= 0.3 is 12.1 Å². The van der Waals surface area contributed by atoms with Gasteiger partial charge in [-0.25, -0.2) is 0 Å². The van der Waals surface area contributed by atoms with Crippen molar-refractivity contribution in [2.75, 3.05) is 6.54 Å². The number of amides is 1. The molecule has 0 unspecified atom stereocenters. The molecule has 0 aliphatic heterocycles. The molecule has 16 heavy (non-hydrogen) atoms. The molecular formula is C9H12F5NO. The maximum Gasteiger partial charge on any atom is 0.463 e. The molecule has 94 valence electrons. The molecule has 0 saturated heterocycles. The van der Waals surface area contributed by atoms with Crippen LogP contribution in [-0.2, 0) is 4.79 Å². The number of rotatable bonds is 3. The fraction of sp³-hybridized carbons (Fsp3) is 0.889. The third kappa shape index (κ3) is 2.44. The van der Waals surface area contributed by atoms with E-state index >= 15 is 0 Å². The van der Waals surface area contributed by atoms with Gasteiger partial charge in [-0.2, -0.15) is 22.0 Å². The Morgan fingerprint density at radius 3 is 2.06 bits per heavy atom. The molecule has 0 spiro atoms. The molecule has 2 nitrogen and oxygen atoms in total. The van der Waals surface area contributed by atoms with Crippen molar-refractivity contribution in [3.63, 3.8) is 0 Å². The molecule has 0 atom stereocenters. The number of hydrogen-bond donors (Lipinski definition) is 1. The Hall–Kier alpha value is -0.880. The summed E-state index contributed by atoms with van der Waals surface area (Å²) in [6.45, 7) is 1.60. The van der Waals surface area contributed by atoms with Gasteiger partial charge < -0.3 is 5.32 Å². The van der Waals surface area contributed by atoms with Crippen molar-refractivity contribution in [3.8, 4) is 0 Å². The average Bonchev–Trinajstić information content (AvgIpc) is 2.09. The third-order valence-electron chi connectivity index (χ3n) is 2.88. The molecule has 1 fully saturated rings. The summed E-state index contributed by atoms with van der Waals surface area (Å²) in [5, 5.41) is 1.66. The van der Waals surface area contributed by atoms with E-state index in [1.807, 2.05) is 0 Å². The van der Waals surface area contributed by atoms with Crippen LogP contribution >= 0.6 is 0 Å². The van der Waals surface area contributed by atoms with Crippen LogP contribution in [0.3, 0.4) is 0 Å². The van der Waals surface area contributed by atoms with E-state index in [-0.39, 0.29) is 12.0 Å². The molecular weight excluding hydrogens is 233 g/mol. The molecule has 1 aliphatic carbocycles. The lowest BCUT2D eigenvalue weighted by atomic mass is 9.70. The van der Waals surface area contributed by atoms with Crippen molar-refractivity contribution < 1.29 is 26.7 Å². The molecule has 7 heteroatoms. The topological polar surface area (TPSA) is 29.1 Å². The Morgan fingerprint density at radius 2 is 1.75 bits per heavy atom. The van der Waals surface area contributed by atoms with Crippen LogP contribution in [0.25, 0.3) is 0 Å². The Morgan fingerprint density at radius 1 is 1.25 bits per heavy atom. The molecule has 0 aromatic carbocycles. The Bertz CT molecular complexity index is 282. The maximum atomic E-state index is 12.5. The lowest BCUT2D eigenvalue weighted by Gasteiger charge is -2.38. The summed E-state index contributed by atoms with van der Waals surface area (Å²) in [5.74, 6) is -7.58. The fourth-order valence-electron chi connectivity index (χ4n) is 1.49. The van der Waals surface area contributed by atoms with Crippen LogP contribution < -0.4 is 5.32 Å². The van der Waals surface area contributed by atoms with Crippen LogP contribution in [0.1, 0.15) is 26.2 Å². The number of alkyl halides is 5. The molecule has 1 amide bonds. The van der Waals surface area contributed by atoms with Crippen molar-refractivity contribution in [2.45, 2.75) is 38.3 Å². The highest BCUT2D eigenvalue weighted by atomic mass is 19.4. The highest BCUT2D eigenvalue weighted by Gasteiger charge is 2.63. The molecule has 0 radical (unpaired) electrons. The van der Waals surface area contributed by atoms with E-state index in [2.05, 4.69) is 0 Å². The molecule has 1 aliphatic rings. The van der Waals surface area contributed by atoms with Crippen molar-refractivity contribution in [1.29, 1.82) is 0 Å². The standard InChI is InChI=1S/C9H12F5NO/c1-7(3-2-4-7)5-15-6(16)8(10,11)9(12,13)14/h2-5H2,1H3,(H,15,16). The van der Waals surface area contributed by atoms with Gasteiger partial charge in [0, 0.05) is 6.54 Å². The summed E-state index contributed by atoms with van der Waals surface area (Å²) in [7, 11) is 0. The van der Waals surface area contributed by atoms with Gasteiger partial charge in [0.2, 0.25) is 0 Å². The number of hydrogen-bond acceptors (Lipinski definition) is 1. The molecule has 0 aromatic rings. The van der Waals surface area contributed by atoms with Crippen LogP contribution in [0, 0.1) is 5.41 Å². The van der Waals surface area contributed by atoms with Gasteiger partial charge in [0.1, 0.15) is 0 Å².